The zero-order valence-corrected chi connectivity index (χ0v) is 19.1. The van der Waals surface area contributed by atoms with E-state index < -0.39 is 5.41 Å². The number of hydrogen-bond donors (Lipinski definition) is 0. The highest BCUT2D eigenvalue weighted by atomic mass is 19.1. The van der Waals surface area contributed by atoms with E-state index in [1.807, 2.05) is 23.1 Å². The van der Waals surface area contributed by atoms with Crippen LogP contribution in [-0.4, -0.2) is 42.1 Å². The predicted octanol–water partition coefficient (Wildman–Crippen LogP) is 5.48. The van der Waals surface area contributed by atoms with Crippen LogP contribution in [-0.2, 0) is 14.9 Å². The maximum atomic E-state index is 14.9. The van der Waals surface area contributed by atoms with E-state index >= 15 is 0 Å². The predicted molar refractivity (Wildman–Crippen MR) is 126 cm³/mol. The molecule has 0 spiro atoms. The highest BCUT2D eigenvalue weighted by Crippen LogP contribution is 2.40. The summed E-state index contributed by atoms with van der Waals surface area (Å²) >= 11 is 0. The molecule has 2 aromatic carbocycles. The number of pyridine rings is 1. The van der Waals surface area contributed by atoms with E-state index in [1.54, 1.807) is 36.4 Å². The molecule has 0 aliphatic carbocycles. The van der Waals surface area contributed by atoms with Crippen molar-refractivity contribution in [2.24, 2.45) is 0 Å². The van der Waals surface area contributed by atoms with Crippen molar-refractivity contribution in [3.05, 3.63) is 89.6 Å². The van der Waals surface area contributed by atoms with Crippen molar-refractivity contribution in [1.82, 2.24) is 9.88 Å². The first-order valence-corrected chi connectivity index (χ1v) is 11.9. The summed E-state index contributed by atoms with van der Waals surface area (Å²) < 4.78 is 34.7. The summed E-state index contributed by atoms with van der Waals surface area (Å²) in [4.78, 5) is 20.6. The summed E-state index contributed by atoms with van der Waals surface area (Å²) in [7, 11) is 0. The number of ether oxygens (including phenoxy) is 1. The average molecular weight is 463 g/mol. The quantitative estimate of drug-likeness (QED) is 0.516. The minimum atomic E-state index is -0.909. The number of rotatable bonds is 4. The largest absolute Gasteiger partial charge is 0.381 e. The van der Waals surface area contributed by atoms with Gasteiger partial charge in [0, 0.05) is 49.0 Å². The smallest absolute Gasteiger partial charge is 0.233 e. The summed E-state index contributed by atoms with van der Waals surface area (Å²) in [6.45, 7) is 2.02. The van der Waals surface area contributed by atoms with Crippen molar-refractivity contribution < 1.29 is 18.3 Å². The monoisotopic (exact) mass is 462 g/mol. The molecule has 0 saturated carbocycles. The van der Waals surface area contributed by atoms with Gasteiger partial charge in [0.15, 0.2) is 0 Å². The van der Waals surface area contributed by atoms with Gasteiger partial charge in [-0.3, -0.25) is 9.78 Å². The van der Waals surface area contributed by atoms with E-state index in [9.17, 15) is 13.6 Å². The fraction of sp³-hybridized carbons (Fsp3) is 0.357. The van der Waals surface area contributed by atoms with Crippen LogP contribution in [0.1, 0.15) is 42.9 Å². The number of piperidine rings is 1. The highest BCUT2D eigenvalue weighted by molar-refractivity contribution is 5.88. The number of hydrogen-bond acceptors (Lipinski definition) is 3. The molecule has 2 saturated heterocycles. The molecule has 2 aliphatic heterocycles. The molecular weight excluding hydrogens is 434 g/mol. The first-order chi connectivity index (χ1) is 16.6. The number of carbonyl (C=O) groups excluding carboxylic acids is 1. The van der Waals surface area contributed by atoms with Crippen molar-refractivity contribution in [3.63, 3.8) is 0 Å². The summed E-state index contributed by atoms with van der Waals surface area (Å²) in [5, 5.41) is 0. The van der Waals surface area contributed by atoms with E-state index in [2.05, 4.69) is 0 Å². The number of aromatic nitrogens is 1. The number of carbonyl (C=O) groups is 1. The Kier molecular flexibility index (Phi) is 6.42. The van der Waals surface area contributed by atoms with Crippen LogP contribution in [0.4, 0.5) is 8.78 Å². The molecule has 1 atom stereocenters. The third-order valence-electron chi connectivity index (χ3n) is 7.19. The van der Waals surface area contributed by atoms with E-state index in [1.165, 1.54) is 12.1 Å². The van der Waals surface area contributed by atoms with Crippen molar-refractivity contribution in [2.45, 2.75) is 37.0 Å². The van der Waals surface area contributed by atoms with Gasteiger partial charge in [-0.25, -0.2) is 8.78 Å². The molecule has 5 rings (SSSR count). The van der Waals surface area contributed by atoms with Crippen LogP contribution in [0.5, 0.6) is 0 Å². The molecule has 1 amide bonds. The van der Waals surface area contributed by atoms with Crippen LogP contribution in [0.3, 0.4) is 0 Å². The Morgan fingerprint density at radius 1 is 0.941 bits per heavy atom. The number of nitrogens with zero attached hydrogens (tertiary/aromatic N) is 2. The van der Waals surface area contributed by atoms with Gasteiger partial charge in [-0.05, 0) is 56.0 Å². The third-order valence-corrected chi connectivity index (χ3v) is 7.19. The molecule has 2 aliphatic rings. The van der Waals surface area contributed by atoms with Gasteiger partial charge in [-0.2, -0.15) is 0 Å². The second-order valence-electron chi connectivity index (χ2n) is 9.19. The topological polar surface area (TPSA) is 42.4 Å². The average Bonchev–Trinajstić information content (AvgIpc) is 2.89. The maximum Gasteiger partial charge on any atom is 0.233 e. The van der Waals surface area contributed by atoms with Crippen LogP contribution in [0, 0.1) is 11.6 Å². The lowest BCUT2D eigenvalue weighted by Crippen LogP contribution is -2.52. The maximum absolute atomic E-state index is 14.9. The van der Waals surface area contributed by atoms with Gasteiger partial charge in [-0.1, -0.05) is 36.4 Å². The highest BCUT2D eigenvalue weighted by Gasteiger charge is 2.46. The summed E-state index contributed by atoms with van der Waals surface area (Å²) in [6, 6.07) is 18.9. The van der Waals surface area contributed by atoms with Crippen molar-refractivity contribution in [2.75, 3.05) is 26.3 Å². The van der Waals surface area contributed by atoms with Gasteiger partial charge >= 0.3 is 0 Å². The summed E-state index contributed by atoms with van der Waals surface area (Å²) in [6.07, 6.45) is 2.67. The molecule has 0 bridgehead atoms. The molecule has 34 heavy (non-hydrogen) atoms. The standard InChI is InChI=1S/C28H28F2N2O2/c29-23-10-3-1-8-21(23)26-13-5-12-25(31-26)20-7-6-16-32(19-20)27(33)28(14-17-34-18-15-28)22-9-2-4-11-24(22)30/h1-5,8-13,20H,6-7,14-19H2/t20-/m0/s1. The Bertz CT molecular complexity index is 1180. The third kappa shape index (κ3) is 4.23. The second kappa shape index (κ2) is 9.63. The van der Waals surface area contributed by atoms with Gasteiger partial charge in [0.25, 0.3) is 0 Å². The van der Waals surface area contributed by atoms with Crippen LogP contribution in [0.15, 0.2) is 66.7 Å². The second-order valence-corrected chi connectivity index (χ2v) is 9.19. The van der Waals surface area contributed by atoms with Crippen molar-refractivity contribution in [3.8, 4) is 11.3 Å². The molecule has 2 fully saturated rings. The van der Waals surface area contributed by atoms with Gasteiger partial charge in [0.1, 0.15) is 11.6 Å². The van der Waals surface area contributed by atoms with Crippen molar-refractivity contribution in [1.29, 1.82) is 0 Å². The van der Waals surface area contributed by atoms with Gasteiger partial charge < -0.3 is 9.64 Å². The Morgan fingerprint density at radius 3 is 2.44 bits per heavy atom. The summed E-state index contributed by atoms with van der Waals surface area (Å²) in [5.74, 6) is -0.637. The van der Waals surface area contributed by atoms with E-state index in [4.69, 9.17) is 9.72 Å². The molecule has 0 N–H and O–H groups in total. The van der Waals surface area contributed by atoms with Crippen LogP contribution >= 0.6 is 0 Å². The first-order valence-electron chi connectivity index (χ1n) is 11.9. The van der Waals surface area contributed by atoms with Gasteiger partial charge in [0.05, 0.1) is 11.1 Å². The zero-order chi connectivity index (χ0) is 23.5. The molecule has 0 radical (unpaired) electrons. The lowest BCUT2D eigenvalue weighted by atomic mass is 9.72. The van der Waals surface area contributed by atoms with Gasteiger partial charge in [-0.15, -0.1) is 0 Å². The van der Waals surface area contributed by atoms with Crippen LogP contribution in [0.25, 0.3) is 11.3 Å². The molecular formula is C28H28F2N2O2. The Balaban J connectivity index is 1.42. The fourth-order valence-electron chi connectivity index (χ4n) is 5.37. The molecule has 1 aromatic heterocycles. The lowest BCUT2D eigenvalue weighted by Gasteiger charge is -2.42. The molecule has 3 heterocycles. The zero-order valence-electron chi connectivity index (χ0n) is 19.1. The first kappa shape index (κ1) is 22.7. The number of halogens is 2. The molecule has 0 unspecified atom stereocenters. The normalized spacial score (nSPS) is 20.2. The van der Waals surface area contributed by atoms with Crippen LogP contribution in [0.2, 0.25) is 0 Å². The van der Waals surface area contributed by atoms with E-state index in [0.717, 1.165) is 18.5 Å². The lowest BCUT2D eigenvalue weighted by molar-refractivity contribution is -0.142. The molecule has 3 aromatic rings. The Hall–Kier alpha value is -3.12. The number of benzene rings is 2. The Morgan fingerprint density at radius 2 is 1.68 bits per heavy atom. The minimum absolute atomic E-state index is 0.0316. The number of likely N-dealkylation sites (tertiary alicyclic amines) is 1. The Labute approximate surface area is 198 Å². The fourth-order valence-corrected chi connectivity index (χ4v) is 5.37. The van der Waals surface area contributed by atoms with E-state index in [-0.39, 0.29) is 23.5 Å². The van der Waals surface area contributed by atoms with Crippen molar-refractivity contribution >= 4 is 5.91 Å². The van der Waals surface area contributed by atoms with E-state index in [0.29, 0.717) is 56.0 Å². The molecule has 4 nitrogen and oxygen atoms in total. The minimum Gasteiger partial charge on any atom is -0.381 e. The van der Waals surface area contributed by atoms with Crippen LogP contribution < -0.4 is 0 Å². The molecule has 176 valence electrons. The SMILES string of the molecule is O=C(N1CCC[C@H](c2cccc(-c3ccccc3F)n2)C1)C1(c2ccccc2F)CCOCC1. The number of amides is 1. The molecule has 6 heteroatoms. The van der Waals surface area contributed by atoms with Gasteiger partial charge in [0.2, 0.25) is 5.91 Å². The summed E-state index contributed by atoms with van der Waals surface area (Å²) in [5.41, 5.74) is 1.46.